The molecule has 136 valence electrons. The highest BCUT2D eigenvalue weighted by atomic mass is 35.5. The molecule has 0 saturated heterocycles. The minimum absolute atomic E-state index is 0.0117. The number of pyridine rings is 1. The monoisotopic (exact) mass is 405 g/mol. The summed E-state index contributed by atoms with van der Waals surface area (Å²) in [7, 11) is 0. The summed E-state index contributed by atoms with van der Waals surface area (Å²) in [6.07, 6.45) is -3.69. The third kappa shape index (κ3) is 4.02. The van der Waals surface area contributed by atoms with E-state index in [0.29, 0.717) is 9.27 Å². The number of carbonyl (C=O) groups excluding carboxylic acids is 1. The van der Waals surface area contributed by atoms with Gasteiger partial charge in [0.05, 0.1) is 20.9 Å². The predicted molar refractivity (Wildman–Crippen MR) is 89.3 cm³/mol. The summed E-state index contributed by atoms with van der Waals surface area (Å²) < 4.78 is 51.7. The number of aromatic nitrogens is 2. The maximum absolute atomic E-state index is 13.4. The number of hydrogen-bond donors (Lipinski definition) is 1. The molecule has 0 aliphatic rings. The second-order valence-corrected chi connectivity index (χ2v) is 6.64. The predicted octanol–water partition coefficient (Wildman–Crippen LogP) is 4.07. The van der Waals surface area contributed by atoms with Crippen LogP contribution in [0.4, 0.5) is 23.2 Å². The standard InChI is InChI=1S/C15H8ClF4N3O2S/c16-8-3-11-10(4-9(8)17)22-14(26-11)13(25)21-7-1-2-12(24)23(5-7)6-15(18,19)20/h1-5H,6H2,(H,21,25). The maximum atomic E-state index is 13.4. The van der Waals surface area contributed by atoms with Gasteiger partial charge in [0.1, 0.15) is 12.4 Å². The average molecular weight is 406 g/mol. The van der Waals surface area contributed by atoms with Crippen molar-refractivity contribution in [3.8, 4) is 0 Å². The number of alkyl halides is 3. The lowest BCUT2D eigenvalue weighted by molar-refractivity contribution is -0.141. The molecule has 0 spiro atoms. The lowest BCUT2D eigenvalue weighted by Gasteiger charge is -2.11. The van der Waals surface area contributed by atoms with E-state index >= 15 is 0 Å². The molecule has 2 aromatic heterocycles. The summed E-state index contributed by atoms with van der Waals surface area (Å²) in [6.45, 7) is -1.48. The van der Waals surface area contributed by atoms with E-state index in [2.05, 4.69) is 10.3 Å². The van der Waals surface area contributed by atoms with Crippen LogP contribution in [0.2, 0.25) is 5.02 Å². The van der Waals surface area contributed by atoms with Crippen LogP contribution >= 0.6 is 22.9 Å². The highest BCUT2D eigenvalue weighted by Crippen LogP contribution is 2.28. The van der Waals surface area contributed by atoms with Gasteiger partial charge in [-0.3, -0.25) is 9.59 Å². The van der Waals surface area contributed by atoms with Crippen molar-refractivity contribution in [2.45, 2.75) is 12.7 Å². The van der Waals surface area contributed by atoms with Gasteiger partial charge in [0.15, 0.2) is 5.01 Å². The molecule has 3 aromatic rings. The van der Waals surface area contributed by atoms with Gasteiger partial charge >= 0.3 is 6.18 Å². The first kappa shape index (κ1) is 18.3. The Morgan fingerprint density at radius 2 is 2.04 bits per heavy atom. The number of thiazole rings is 1. The fraction of sp³-hybridized carbons (Fsp3) is 0.133. The summed E-state index contributed by atoms with van der Waals surface area (Å²) in [5.41, 5.74) is -0.642. The van der Waals surface area contributed by atoms with Crippen molar-refractivity contribution in [1.29, 1.82) is 0 Å². The summed E-state index contributed by atoms with van der Waals surface area (Å²) in [5.74, 6) is -1.39. The number of halogens is 5. The Balaban J connectivity index is 1.86. The Hall–Kier alpha value is -2.46. The van der Waals surface area contributed by atoms with Crippen LogP contribution in [-0.4, -0.2) is 21.6 Å². The average Bonchev–Trinajstić information content (AvgIpc) is 2.92. The molecule has 1 amide bonds. The van der Waals surface area contributed by atoms with Gasteiger partial charge in [0.25, 0.3) is 11.5 Å². The van der Waals surface area contributed by atoms with Gasteiger partial charge in [0.2, 0.25) is 0 Å². The zero-order valence-corrected chi connectivity index (χ0v) is 14.2. The summed E-state index contributed by atoms with van der Waals surface area (Å²) >= 11 is 6.61. The van der Waals surface area contributed by atoms with Crippen molar-refractivity contribution in [2.24, 2.45) is 0 Å². The van der Waals surface area contributed by atoms with E-state index in [4.69, 9.17) is 11.6 Å². The number of benzene rings is 1. The van der Waals surface area contributed by atoms with Crippen LogP contribution in [-0.2, 0) is 6.54 Å². The van der Waals surface area contributed by atoms with Crippen molar-refractivity contribution in [1.82, 2.24) is 9.55 Å². The van der Waals surface area contributed by atoms with Crippen LogP contribution in [0.5, 0.6) is 0 Å². The number of fused-ring (bicyclic) bond motifs is 1. The Morgan fingerprint density at radius 1 is 1.31 bits per heavy atom. The Bertz CT molecular complexity index is 1020. The van der Waals surface area contributed by atoms with Gasteiger partial charge in [0, 0.05) is 18.3 Å². The van der Waals surface area contributed by atoms with Gasteiger partial charge in [-0.1, -0.05) is 11.6 Å². The number of carbonyl (C=O) groups is 1. The largest absolute Gasteiger partial charge is 0.406 e. The third-order valence-corrected chi connectivity index (χ3v) is 4.52. The third-order valence-electron chi connectivity index (χ3n) is 3.22. The highest BCUT2D eigenvalue weighted by molar-refractivity contribution is 7.20. The minimum atomic E-state index is -4.58. The normalized spacial score (nSPS) is 11.7. The second-order valence-electron chi connectivity index (χ2n) is 5.21. The van der Waals surface area contributed by atoms with Crippen LogP contribution in [0, 0.1) is 5.82 Å². The molecule has 3 rings (SSSR count). The minimum Gasteiger partial charge on any atom is -0.319 e. The smallest absolute Gasteiger partial charge is 0.319 e. The fourth-order valence-corrected chi connectivity index (χ4v) is 3.24. The van der Waals surface area contributed by atoms with E-state index in [-0.39, 0.29) is 21.2 Å². The number of amides is 1. The van der Waals surface area contributed by atoms with Crippen LogP contribution in [0.3, 0.4) is 0 Å². The van der Waals surface area contributed by atoms with E-state index in [0.717, 1.165) is 29.7 Å². The lowest BCUT2D eigenvalue weighted by Crippen LogP contribution is -2.27. The molecule has 26 heavy (non-hydrogen) atoms. The molecule has 0 radical (unpaired) electrons. The molecule has 1 N–H and O–H groups in total. The Labute approximate surface area is 151 Å². The van der Waals surface area contributed by atoms with Crippen molar-refractivity contribution in [3.63, 3.8) is 0 Å². The number of anilines is 1. The van der Waals surface area contributed by atoms with Gasteiger partial charge in [-0.15, -0.1) is 11.3 Å². The quantitative estimate of drug-likeness (QED) is 0.668. The number of nitrogens with zero attached hydrogens (tertiary/aromatic N) is 2. The van der Waals surface area contributed by atoms with E-state index in [1.165, 1.54) is 12.1 Å². The molecule has 5 nitrogen and oxygen atoms in total. The fourth-order valence-electron chi connectivity index (χ4n) is 2.13. The molecule has 11 heteroatoms. The maximum Gasteiger partial charge on any atom is 0.406 e. The lowest BCUT2D eigenvalue weighted by atomic mass is 10.3. The number of hydrogen-bond acceptors (Lipinski definition) is 4. The van der Waals surface area contributed by atoms with Crippen LogP contribution in [0.15, 0.2) is 35.3 Å². The molecule has 1 aromatic carbocycles. The zero-order chi connectivity index (χ0) is 19.1. The molecular weight excluding hydrogens is 398 g/mol. The Morgan fingerprint density at radius 3 is 2.73 bits per heavy atom. The van der Waals surface area contributed by atoms with Crippen LogP contribution in [0.25, 0.3) is 10.2 Å². The first-order chi connectivity index (χ1) is 12.1. The van der Waals surface area contributed by atoms with Crippen molar-refractivity contribution < 1.29 is 22.4 Å². The molecular formula is C15H8ClF4N3O2S. The zero-order valence-electron chi connectivity index (χ0n) is 12.6. The summed E-state index contributed by atoms with van der Waals surface area (Å²) in [5, 5.41) is 2.21. The number of nitrogens with one attached hydrogen (secondary N) is 1. The molecule has 0 aliphatic carbocycles. The summed E-state index contributed by atoms with van der Waals surface area (Å²) in [4.78, 5) is 27.7. The molecule has 0 bridgehead atoms. The summed E-state index contributed by atoms with van der Waals surface area (Å²) in [6, 6.07) is 4.49. The SMILES string of the molecule is O=C(Nc1ccc(=O)n(CC(F)(F)F)c1)c1nc2cc(F)c(Cl)cc2s1. The Kier molecular flexibility index (Phi) is 4.72. The van der Waals surface area contributed by atoms with Gasteiger partial charge in [-0.2, -0.15) is 13.2 Å². The van der Waals surface area contributed by atoms with E-state index in [1.54, 1.807) is 0 Å². The van der Waals surface area contributed by atoms with E-state index in [9.17, 15) is 27.2 Å². The molecule has 0 atom stereocenters. The van der Waals surface area contributed by atoms with Crippen LogP contribution in [0.1, 0.15) is 9.80 Å². The van der Waals surface area contributed by atoms with Gasteiger partial charge < -0.3 is 9.88 Å². The van der Waals surface area contributed by atoms with Gasteiger partial charge in [-0.05, 0) is 12.1 Å². The topological polar surface area (TPSA) is 64.0 Å². The molecule has 0 fully saturated rings. The van der Waals surface area contributed by atoms with Crippen molar-refractivity contribution in [2.75, 3.05) is 5.32 Å². The highest BCUT2D eigenvalue weighted by Gasteiger charge is 2.28. The second kappa shape index (κ2) is 6.69. The molecule has 0 aliphatic heterocycles. The van der Waals surface area contributed by atoms with Crippen LogP contribution < -0.4 is 10.9 Å². The molecule has 2 heterocycles. The number of rotatable bonds is 3. The first-order valence-corrected chi connectivity index (χ1v) is 8.16. The van der Waals surface area contributed by atoms with Gasteiger partial charge in [-0.25, -0.2) is 9.37 Å². The molecule has 0 saturated carbocycles. The first-order valence-electron chi connectivity index (χ1n) is 6.96. The van der Waals surface area contributed by atoms with Crippen molar-refractivity contribution in [3.05, 3.63) is 56.7 Å². The van der Waals surface area contributed by atoms with E-state index < -0.39 is 30.0 Å². The van der Waals surface area contributed by atoms with E-state index in [1.807, 2.05) is 0 Å². The van der Waals surface area contributed by atoms with Crippen molar-refractivity contribution >= 4 is 44.7 Å². The molecule has 0 unspecified atom stereocenters.